The van der Waals surface area contributed by atoms with Crippen LogP contribution >= 0.6 is 0 Å². The zero-order chi connectivity index (χ0) is 18.6. The van der Waals surface area contributed by atoms with E-state index in [0.717, 1.165) is 30.8 Å². The van der Waals surface area contributed by atoms with Gasteiger partial charge in [-0.15, -0.1) is 0 Å². The Labute approximate surface area is 159 Å². The summed E-state index contributed by atoms with van der Waals surface area (Å²) in [5, 5.41) is 4.14. The van der Waals surface area contributed by atoms with E-state index in [0.29, 0.717) is 36.8 Å². The highest BCUT2D eigenvalue weighted by Gasteiger charge is 2.28. The molecule has 27 heavy (non-hydrogen) atoms. The Morgan fingerprint density at radius 1 is 1.26 bits per heavy atom. The number of benzene rings is 1. The molecule has 3 aromatic rings. The summed E-state index contributed by atoms with van der Waals surface area (Å²) < 4.78 is 13.2. The van der Waals surface area contributed by atoms with Gasteiger partial charge in [-0.05, 0) is 50.1 Å². The molecule has 0 aliphatic carbocycles. The van der Waals surface area contributed by atoms with Crippen LogP contribution in [0.3, 0.4) is 0 Å². The summed E-state index contributed by atoms with van der Waals surface area (Å²) >= 11 is 0. The van der Waals surface area contributed by atoms with E-state index in [9.17, 15) is 0 Å². The Kier molecular flexibility index (Phi) is 5.20. The molecule has 142 valence electrons. The molecule has 0 spiro atoms. The van der Waals surface area contributed by atoms with E-state index in [1.54, 1.807) is 0 Å². The Morgan fingerprint density at radius 3 is 2.85 bits per heavy atom. The SMILES string of the molecule is CCOc1ccc(-c2noc(CN3CC[C@@H](C)[C@H](n4ccnc4)C3)n2)cc1. The van der Waals surface area contributed by atoms with Gasteiger partial charge in [0.2, 0.25) is 11.7 Å². The molecular formula is C20H25N5O2. The smallest absolute Gasteiger partial charge is 0.241 e. The number of hydrogen-bond donors (Lipinski definition) is 0. The molecule has 0 amide bonds. The first kappa shape index (κ1) is 17.7. The quantitative estimate of drug-likeness (QED) is 0.665. The largest absolute Gasteiger partial charge is 0.494 e. The molecule has 0 N–H and O–H groups in total. The number of rotatable bonds is 6. The highest BCUT2D eigenvalue weighted by molar-refractivity contribution is 5.55. The first-order valence-electron chi connectivity index (χ1n) is 9.48. The Balaban J connectivity index is 1.41. The van der Waals surface area contributed by atoms with Crippen molar-refractivity contribution in [1.82, 2.24) is 24.6 Å². The standard InChI is InChI=1S/C20H25N5O2/c1-3-26-17-6-4-16(5-7-17)20-22-19(27-23-20)13-24-10-8-15(2)18(12-24)25-11-9-21-14-25/h4-7,9,11,14-15,18H,3,8,10,12-13H2,1-2H3/t15-,18-/m1/s1. The van der Waals surface area contributed by atoms with Gasteiger partial charge in [0.05, 0.1) is 19.5 Å². The number of imidazole rings is 1. The van der Waals surface area contributed by atoms with E-state index in [4.69, 9.17) is 9.26 Å². The predicted molar refractivity (Wildman–Crippen MR) is 101 cm³/mol. The Bertz CT molecular complexity index is 844. The Hall–Kier alpha value is -2.67. The van der Waals surface area contributed by atoms with Crippen LogP contribution in [0, 0.1) is 5.92 Å². The Morgan fingerprint density at radius 2 is 2.11 bits per heavy atom. The van der Waals surface area contributed by atoms with Gasteiger partial charge in [-0.25, -0.2) is 4.98 Å². The maximum absolute atomic E-state index is 5.50. The lowest BCUT2D eigenvalue weighted by atomic mass is 9.93. The molecule has 1 aliphatic heterocycles. The topological polar surface area (TPSA) is 69.2 Å². The third kappa shape index (κ3) is 4.03. The molecule has 3 heterocycles. The van der Waals surface area contributed by atoms with Crippen molar-refractivity contribution in [2.24, 2.45) is 5.92 Å². The van der Waals surface area contributed by atoms with Gasteiger partial charge in [0, 0.05) is 30.5 Å². The van der Waals surface area contributed by atoms with Crippen molar-refractivity contribution in [3.63, 3.8) is 0 Å². The fourth-order valence-corrected chi connectivity index (χ4v) is 3.61. The summed E-state index contributed by atoms with van der Waals surface area (Å²) in [6.07, 6.45) is 6.93. The molecule has 0 saturated carbocycles. The summed E-state index contributed by atoms with van der Waals surface area (Å²) in [6, 6.07) is 8.19. The van der Waals surface area contributed by atoms with E-state index in [-0.39, 0.29) is 0 Å². The van der Waals surface area contributed by atoms with Crippen LogP contribution in [0.5, 0.6) is 5.75 Å². The molecule has 7 nitrogen and oxygen atoms in total. The molecule has 2 atom stereocenters. The lowest BCUT2D eigenvalue weighted by Gasteiger charge is -2.36. The second-order valence-electron chi connectivity index (χ2n) is 7.05. The van der Waals surface area contributed by atoms with Crippen LogP contribution in [-0.2, 0) is 6.54 Å². The van der Waals surface area contributed by atoms with Crippen molar-refractivity contribution >= 4 is 0 Å². The third-order valence-corrected chi connectivity index (χ3v) is 5.16. The average Bonchev–Trinajstić information content (AvgIpc) is 3.36. The minimum Gasteiger partial charge on any atom is -0.494 e. The molecule has 0 unspecified atom stereocenters. The van der Waals surface area contributed by atoms with E-state index in [1.165, 1.54) is 0 Å². The van der Waals surface area contributed by atoms with Gasteiger partial charge >= 0.3 is 0 Å². The van der Waals surface area contributed by atoms with E-state index in [2.05, 4.69) is 31.5 Å². The molecule has 1 aromatic carbocycles. The zero-order valence-electron chi connectivity index (χ0n) is 15.8. The van der Waals surface area contributed by atoms with Gasteiger partial charge in [-0.3, -0.25) is 4.90 Å². The summed E-state index contributed by atoms with van der Waals surface area (Å²) in [6.45, 7) is 7.59. The van der Waals surface area contributed by atoms with Gasteiger partial charge < -0.3 is 13.8 Å². The lowest BCUT2D eigenvalue weighted by molar-refractivity contribution is 0.114. The number of piperidine rings is 1. The molecule has 2 aromatic heterocycles. The molecule has 1 aliphatic rings. The molecule has 1 fully saturated rings. The fraction of sp³-hybridized carbons (Fsp3) is 0.450. The summed E-state index contributed by atoms with van der Waals surface area (Å²) in [5.41, 5.74) is 0.928. The first-order valence-corrected chi connectivity index (χ1v) is 9.48. The van der Waals surface area contributed by atoms with Crippen LogP contribution < -0.4 is 4.74 Å². The monoisotopic (exact) mass is 367 g/mol. The van der Waals surface area contributed by atoms with Gasteiger partial charge in [-0.2, -0.15) is 4.98 Å². The van der Waals surface area contributed by atoms with E-state index < -0.39 is 0 Å². The first-order chi connectivity index (χ1) is 13.2. The van der Waals surface area contributed by atoms with Gasteiger partial charge in [0.15, 0.2) is 0 Å². The minimum absolute atomic E-state index is 0.426. The zero-order valence-corrected chi connectivity index (χ0v) is 15.8. The van der Waals surface area contributed by atoms with Crippen LogP contribution in [-0.4, -0.2) is 44.3 Å². The summed E-state index contributed by atoms with van der Waals surface area (Å²) in [7, 11) is 0. The maximum Gasteiger partial charge on any atom is 0.241 e. The van der Waals surface area contributed by atoms with Gasteiger partial charge in [-0.1, -0.05) is 12.1 Å². The van der Waals surface area contributed by atoms with E-state index >= 15 is 0 Å². The van der Waals surface area contributed by atoms with Crippen LogP contribution in [0.1, 0.15) is 32.2 Å². The molecular weight excluding hydrogens is 342 g/mol. The van der Waals surface area contributed by atoms with Crippen molar-refractivity contribution in [2.75, 3.05) is 19.7 Å². The van der Waals surface area contributed by atoms with Crippen molar-refractivity contribution in [3.8, 4) is 17.1 Å². The number of likely N-dealkylation sites (tertiary alicyclic amines) is 1. The van der Waals surface area contributed by atoms with Crippen LogP contribution in [0.2, 0.25) is 0 Å². The molecule has 4 rings (SSSR count). The molecule has 0 radical (unpaired) electrons. The molecule has 0 bridgehead atoms. The summed E-state index contributed by atoms with van der Waals surface area (Å²) in [5.74, 6) is 2.73. The molecule has 1 saturated heterocycles. The van der Waals surface area contributed by atoms with Gasteiger partial charge in [0.25, 0.3) is 0 Å². The highest BCUT2D eigenvalue weighted by Crippen LogP contribution is 2.28. The average molecular weight is 367 g/mol. The normalized spacial score (nSPS) is 20.7. The van der Waals surface area contributed by atoms with Crippen molar-refractivity contribution in [1.29, 1.82) is 0 Å². The summed E-state index contributed by atoms with van der Waals surface area (Å²) in [4.78, 5) is 11.1. The number of aromatic nitrogens is 4. The van der Waals surface area contributed by atoms with Crippen LogP contribution in [0.15, 0.2) is 47.5 Å². The second-order valence-corrected chi connectivity index (χ2v) is 7.05. The number of nitrogens with zero attached hydrogens (tertiary/aromatic N) is 5. The van der Waals surface area contributed by atoms with Crippen LogP contribution in [0.25, 0.3) is 11.4 Å². The predicted octanol–water partition coefficient (Wildman–Crippen LogP) is 3.41. The number of ether oxygens (including phenoxy) is 1. The van der Waals surface area contributed by atoms with Crippen molar-refractivity contribution in [2.45, 2.75) is 32.9 Å². The van der Waals surface area contributed by atoms with Gasteiger partial charge in [0.1, 0.15) is 5.75 Å². The lowest BCUT2D eigenvalue weighted by Crippen LogP contribution is -2.40. The number of hydrogen-bond acceptors (Lipinski definition) is 6. The van der Waals surface area contributed by atoms with Crippen molar-refractivity contribution < 1.29 is 9.26 Å². The third-order valence-electron chi connectivity index (χ3n) is 5.16. The van der Waals surface area contributed by atoms with Crippen molar-refractivity contribution in [3.05, 3.63) is 48.9 Å². The van der Waals surface area contributed by atoms with Crippen LogP contribution in [0.4, 0.5) is 0 Å². The highest BCUT2D eigenvalue weighted by atomic mass is 16.5. The van der Waals surface area contributed by atoms with E-state index in [1.807, 2.05) is 49.9 Å². The minimum atomic E-state index is 0.426. The fourth-order valence-electron chi connectivity index (χ4n) is 3.61. The molecule has 7 heteroatoms. The second kappa shape index (κ2) is 7.92. The maximum atomic E-state index is 5.50.